The average Bonchev–Trinajstić information content (AvgIpc) is 2.90. The quantitative estimate of drug-likeness (QED) is 0.572. The number of nitrogens with one attached hydrogen (secondary N) is 1. The molecule has 1 amide bonds. The number of anilines is 1. The normalized spacial score (nSPS) is 15.0. The highest BCUT2D eigenvalue weighted by atomic mass is 16.5. The second-order valence-electron chi connectivity index (χ2n) is 7.97. The molecule has 2 heterocycles. The first-order valence-electron chi connectivity index (χ1n) is 11.1. The number of pyridine rings is 1. The van der Waals surface area contributed by atoms with E-state index in [0.29, 0.717) is 17.9 Å². The standard InChI is InChI=1S/C26H30N4O3/c1-32-23-10-8-22(9-11-23)29-13-15-30(16-14-29)25(21-6-4-12-27-18-21)19-28-26(31)20-5-3-7-24(17-20)33-2/h3-12,17-18,25H,13-16,19H2,1-2H3,(H,28,31)/t25-/m1/s1. The molecule has 1 aromatic heterocycles. The summed E-state index contributed by atoms with van der Waals surface area (Å²) in [4.78, 5) is 21.9. The third-order valence-corrected chi connectivity index (χ3v) is 6.05. The Balaban J connectivity index is 1.42. The maximum absolute atomic E-state index is 12.8. The first-order valence-corrected chi connectivity index (χ1v) is 11.1. The van der Waals surface area contributed by atoms with E-state index in [1.54, 1.807) is 32.5 Å². The van der Waals surface area contributed by atoms with Crippen LogP contribution >= 0.6 is 0 Å². The van der Waals surface area contributed by atoms with Crippen LogP contribution in [0.5, 0.6) is 11.5 Å². The lowest BCUT2D eigenvalue weighted by Gasteiger charge is -2.40. The molecule has 7 nitrogen and oxygen atoms in total. The molecule has 3 aromatic rings. The number of benzene rings is 2. The molecule has 0 radical (unpaired) electrons. The molecule has 172 valence electrons. The maximum Gasteiger partial charge on any atom is 0.251 e. The summed E-state index contributed by atoms with van der Waals surface area (Å²) in [5, 5.41) is 3.11. The molecule has 0 saturated carbocycles. The highest BCUT2D eigenvalue weighted by Gasteiger charge is 2.26. The van der Waals surface area contributed by atoms with E-state index < -0.39 is 0 Å². The van der Waals surface area contributed by atoms with Crippen molar-refractivity contribution < 1.29 is 14.3 Å². The molecule has 0 spiro atoms. The van der Waals surface area contributed by atoms with Gasteiger partial charge in [0, 0.05) is 56.4 Å². The van der Waals surface area contributed by atoms with E-state index in [2.05, 4.69) is 38.3 Å². The fourth-order valence-corrected chi connectivity index (χ4v) is 4.17. The fraction of sp³-hybridized carbons (Fsp3) is 0.308. The summed E-state index contributed by atoms with van der Waals surface area (Å²) in [6.45, 7) is 4.10. The summed E-state index contributed by atoms with van der Waals surface area (Å²) in [6.07, 6.45) is 3.66. The monoisotopic (exact) mass is 446 g/mol. The zero-order valence-electron chi connectivity index (χ0n) is 19.1. The van der Waals surface area contributed by atoms with Crippen molar-refractivity contribution in [2.24, 2.45) is 0 Å². The van der Waals surface area contributed by atoms with Crippen molar-refractivity contribution in [1.82, 2.24) is 15.2 Å². The maximum atomic E-state index is 12.8. The molecule has 4 rings (SSSR count). The van der Waals surface area contributed by atoms with Gasteiger partial charge in [0.25, 0.3) is 5.91 Å². The minimum absolute atomic E-state index is 0.0475. The highest BCUT2D eigenvalue weighted by Crippen LogP contribution is 2.25. The molecule has 33 heavy (non-hydrogen) atoms. The first-order chi connectivity index (χ1) is 16.2. The van der Waals surface area contributed by atoms with Crippen LogP contribution in [-0.2, 0) is 0 Å². The van der Waals surface area contributed by atoms with Crippen molar-refractivity contribution >= 4 is 11.6 Å². The Morgan fingerprint density at radius 2 is 1.73 bits per heavy atom. The van der Waals surface area contributed by atoms with E-state index in [1.807, 2.05) is 36.5 Å². The van der Waals surface area contributed by atoms with Gasteiger partial charge in [0.2, 0.25) is 0 Å². The average molecular weight is 447 g/mol. The van der Waals surface area contributed by atoms with Crippen molar-refractivity contribution in [3.63, 3.8) is 0 Å². The number of carbonyl (C=O) groups excluding carboxylic acids is 1. The molecule has 2 aromatic carbocycles. The van der Waals surface area contributed by atoms with Crippen LogP contribution in [-0.4, -0.2) is 62.7 Å². The van der Waals surface area contributed by atoms with Crippen LogP contribution in [0.1, 0.15) is 22.0 Å². The predicted molar refractivity (Wildman–Crippen MR) is 129 cm³/mol. The lowest BCUT2D eigenvalue weighted by Crippen LogP contribution is -2.50. The Labute approximate surface area is 195 Å². The topological polar surface area (TPSA) is 66.9 Å². The molecule has 1 aliphatic rings. The number of hydrogen-bond acceptors (Lipinski definition) is 6. The Kier molecular flexibility index (Phi) is 7.42. The Bertz CT molecular complexity index is 1030. The SMILES string of the molecule is COc1ccc(N2CCN([C@H](CNC(=O)c3cccc(OC)c3)c3cccnc3)CC2)cc1. The van der Waals surface area contributed by atoms with E-state index in [9.17, 15) is 4.79 Å². The summed E-state index contributed by atoms with van der Waals surface area (Å²) in [5.41, 5.74) is 2.88. The molecule has 7 heteroatoms. The van der Waals surface area contributed by atoms with Crippen LogP contribution in [0.15, 0.2) is 73.1 Å². The number of nitrogens with zero attached hydrogens (tertiary/aromatic N) is 3. The van der Waals surface area contributed by atoms with Gasteiger partial charge in [0.1, 0.15) is 11.5 Å². The highest BCUT2D eigenvalue weighted by molar-refractivity contribution is 5.94. The van der Waals surface area contributed by atoms with Gasteiger partial charge in [-0.1, -0.05) is 12.1 Å². The molecule has 1 fully saturated rings. The number of methoxy groups -OCH3 is 2. The van der Waals surface area contributed by atoms with Gasteiger partial charge >= 0.3 is 0 Å². The van der Waals surface area contributed by atoms with Crippen LogP contribution in [0.25, 0.3) is 0 Å². The van der Waals surface area contributed by atoms with Crippen LogP contribution < -0.4 is 19.7 Å². The number of aromatic nitrogens is 1. The molecule has 0 unspecified atom stereocenters. The number of amides is 1. The van der Waals surface area contributed by atoms with Gasteiger partial charge in [-0.25, -0.2) is 0 Å². The second-order valence-corrected chi connectivity index (χ2v) is 7.97. The lowest BCUT2D eigenvalue weighted by atomic mass is 10.1. The summed E-state index contributed by atoms with van der Waals surface area (Å²) in [5.74, 6) is 1.42. The van der Waals surface area contributed by atoms with Crippen LogP contribution in [0.3, 0.4) is 0 Å². The number of ether oxygens (including phenoxy) is 2. The molecule has 1 atom stereocenters. The van der Waals surface area contributed by atoms with Gasteiger partial charge in [-0.05, 0) is 54.1 Å². The van der Waals surface area contributed by atoms with Gasteiger partial charge in [0.05, 0.1) is 20.3 Å². The Morgan fingerprint density at radius 1 is 0.970 bits per heavy atom. The third kappa shape index (κ3) is 5.62. The number of hydrogen-bond donors (Lipinski definition) is 1. The second kappa shape index (κ2) is 10.8. The molecule has 1 saturated heterocycles. The summed E-state index contributed by atoms with van der Waals surface area (Å²) in [6, 6.07) is 19.5. The van der Waals surface area contributed by atoms with Crippen molar-refractivity contribution in [2.45, 2.75) is 6.04 Å². The summed E-state index contributed by atoms with van der Waals surface area (Å²) in [7, 11) is 3.28. The minimum atomic E-state index is -0.111. The Hall–Kier alpha value is -3.58. The van der Waals surface area contributed by atoms with Gasteiger partial charge < -0.3 is 19.7 Å². The van der Waals surface area contributed by atoms with E-state index in [-0.39, 0.29) is 11.9 Å². The molecule has 1 aliphatic heterocycles. The van der Waals surface area contributed by atoms with Crippen molar-refractivity contribution in [3.8, 4) is 11.5 Å². The molecular weight excluding hydrogens is 416 g/mol. The number of piperazine rings is 1. The Morgan fingerprint density at radius 3 is 2.39 bits per heavy atom. The van der Waals surface area contributed by atoms with Gasteiger partial charge in [-0.3, -0.25) is 14.7 Å². The molecular formula is C26H30N4O3. The third-order valence-electron chi connectivity index (χ3n) is 6.05. The zero-order valence-corrected chi connectivity index (χ0v) is 19.1. The predicted octanol–water partition coefficient (Wildman–Crippen LogP) is 3.39. The minimum Gasteiger partial charge on any atom is -0.497 e. The van der Waals surface area contributed by atoms with Gasteiger partial charge in [-0.15, -0.1) is 0 Å². The van der Waals surface area contributed by atoms with Gasteiger partial charge in [-0.2, -0.15) is 0 Å². The number of carbonyl (C=O) groups is 1. The van der Waals surface area contributed by atoms with E-state index in [4.69, 9.17) is 9.47 Å². The number of rotatable bonds is 8. The molecule has 0 aliphatic carbocycles. The molecule has 1 N–H and O–H groups in total. The lowest BCUT2D eigenvalue weighted by molar-refractivity contribution is 0.0929. The van der Waals surface area contributed by atoms with E-state index >= 15 is 0 Å². The summed E-state index contributed by atoms with van der Waals surface area (Å²) >= 11 is 0. The summed E-state index contributed by atoms with van der Waals surface area (Å²) < 4.78 is 10.5. The fourth-order valence-electron chi connectivity index (χ4n) is 4.17. The van der Waals surface area contributed by atoms with Crippen LogP contribution in [0.4, 0.5) is 5.69 Å². The smallest absolute Gasteiger partial charge is 0.251 e. The largest absolute Gasteiger partial charge is 0.497 e. The van der Waals surface area contributed by atoms with Crippen molar-refractivity contribution in [1.29, 1.82) is 0 Å². The van der Waals surface area contributed by atoms with E-state index in [0.717, 1.165) is 37.5 Å². The van der Waals surface area contributed by atoms with Gasteiger partial charge in [0.15, 0.2) is 0 Å². The molecule has 0 bridgehead atoms. The van der Waals surface area contributed by atoms with E-state index in [1.165, 1.54) is 5.69 Å². The van der Waals surface area contributed by atoms with Crippen molar-refractivity contribution in [2.75, 3.05) is 51.8 Å². The first kappa shape index (κ1) is 22.6. The van der Waals surface area contributed by atoms with Crippen molar-refractivity contribution in [3.05, 3.63) is 84.2 Å². The zero-order chi connectivity index (χ0) is 23.0. The van der Waals surface area contributed by atoms with Crippen LogP contribution in [0, 0.1) is 0 Å². The van der Waals surface area contributed by atoms with Crippen LogP contribution in [0.2, 0.25) is 0 Å².